The molecule has 4 fully saturated rings. The normalized spacial score (nSPS) is 55.2. The van der Waals surface area contributed by atoms with Crippen molar-refractivity contribution in [1.29, 1.82) is 0 Å². The molecule has 0 radical (unpaired) electrons. The molecule has 64 valence electrons. The van der Waals surface area contributed by atoms with Crippen molar-refractivity contribution in [1.82, 2.24) is 0 Å². The van der Waals surface area contributed by atoms with E-state index in [0.29, 0.717) is 0 Å². The van der Waals surface area contributed by atoms with Gasteiger partial charge < -0.3 is 5.11 Å². The summed E-state index contributed by atoms with van der Waals surface area (Å²) in [5.74, 6) is 2.68. The molecule has 2 heteroatoms. The molecule has 4 aliphatic carbocycles. The van der Waals surface area contributed by atoms with E-state index in [4.69, 9.17) is 0 Å². The van der Waals surface area contributed by atoms with Crippen LogP contribution in [0.25, 0.3) is 0 Å². The molecule has 0 aromatic carbocycles. The molecule has 1 N–H and O–H groups in total. The van der Waals surface area contributed by atoms with Gasteiger partial charge in [0.1, 0.15) is 0 Å². The Labute approximate surface area is 86.1 Å². The Morgan fingerprint density at radius 3 is 1.42 bits per heavy atom. The van der Waals surface area contributed by atoms with Crippen molar-refractivity contribution in [2.45, 2.75) is 44.1 Å². The molecule has 4 aliphatic rings. The topological polar surface area (TPSA) is 20.2 Å². The van der Waals surface area contributed by atoms with Crippen LogP contribution in [0.5, 0.6) is 0 Å². The van der Waals surface area contributed by atoms with E-state index in [9.17, 15) is 5.11 Å². The summed E-state index contributed by atoms with van der Waals surface area (Å²) in [4.78, 5) is 0. The minimum absolute atomic E-state index is 0. The van der Waals surface area contributed by atoms with E-state index in [-0.39, 0.29) is 24.5 Å². The second kappa shape index (κ2) is 2.77. The molecule has 0 spiro atoms. The first kappa shape index (κ1) is 9.13. The summed E-state index contributed by atoms with van der Waals surface area (Å²) in [6, 6.07) is 0. The number of hydrogen-bond acceptors (Lipinski definition) is 1. The Hall–Kier alpha value is 0.557. The SMILES string of the molecule is OC12CC3CC(CC(C3)C1)C2.[LiH]. The van der Waals surface area contributed by atoms with E-state index in [0.717, 1.165) is 37.0 Å². The second-order valence-electron chi connectivity index (χ2n) is 5.14. The fourth-order valence-corrected chi connectivity index (χ4v) is 4.06. The van der Waals surface area contributed by atoms with Crippen molar-refractivity contribution >= 4 is 18.9 Å². The average molecular weight is 160 g/mol. The summed E-state index contributed by atoms with van der Waals surface area (Å²) in [7, 11) is 0. The molecule has 1 nitrogen and oxygen atoms in total. The van der Waals surface area contributed by atoms with Crippen molar-refractivity contribution in [3.63, 3.8) is 0 Å². The third-order valence-corrected chi connectivity index (χ3v) is 4.01. The zero-order valence-electron chi connectivity index (χ0n) is 6.92. The summed E-state index contributed by atoms with van der Waals surface area (Å²) in [5, 5.41) is 10.1. The molecule has 0 aliphatic heterocycles. The fourth-order valence-electron chi connectivity index (χ4n) is 4.06. The molecule has 4 saturated carbocycles. The maximum atomic E-state index is 10.1. The van der Waals surface area contributed by atoms with Crippen LogP contribution in [0.4, 0.5) is 0 Å². The Balaban J connectivity index is 0.000000563. The van der Waals surface area contributed by atoms with Gasteiger partial charge in [-0.05, 0) is 56.3 Å². The third-order valence-electron chi connectivity index (χ3n) is 4.01. The molecule has 0 aromatic rings. The standard InChI is InChI=1S/C10H16O.Li.H/c11-10-4-7-1-8(5-10)3-9(2-7)6-10;;/h7-9,11H,1-6H2;;. The minimum atomic E-state index is -0.200. The van der Waals surface area contributed by atoms with Gasteiger partial charge in [0.25, 0.3) is 0 Å². The van der Waals surface area contributed by atoms with Gasteiger partial charge in [0.2, 0.25) is 0 Å². The van der Waals surface area contributed by atoms with Gasteiger partial charge >= 0.3 is 18.9 Å². The summed E-state index contributed by atoms with van der Waals surface area (Å²) in [5.41, 5.74) is -0.200. The van der Waals surface area contributed by atoms with E-state index in [2.05, 4.69) is 0 Å². The van der Waals surface area contributed by atoms with Gasteiger partial charge in [0.05, 0.1) is 5.60 Å². The summed E-state index contributed by atoms with van der Waals surface area (Å²) in [6.45, 7) is 0. The number of aliphatic hydroxyl groups is 1. The first-order valence-corrected chi connectivity index (χ1v) is 4.96. The zero-order valence-corrected chi connectivity index (χ0v) is 6.92. The molecule has 0 unspecified atom stereocenters. The molecular formula is C10H17LiO. The molecule has 4 bridgehead atoms. The van der Waals surface area contributed by atoms with E-state index in [1.54, 1.807) is 0 Å². The van der Waals surface area contributed by atoms with E-state index in [1.807, 2.05) is 0 Å². The fraction of sp³-hybridized carbons (Fsp3) is 1.00. The van der Waals surface area contributed by atoms with Crippen molar-refractivity contribution in [2.24, 2.45) is 17.8 Å². The van der Waals surface area contributed by atoms with Gasteiger partial charge in [-0.25, -0.2) is 0 Å². The van der Waals surface area contributed by atoms with Gasteiger partial charge in [-0.15, -0.1) is 0 Å². The number of hydrogen-bond donors (Lipinski definition) is 1. The van der Waals surface area contributed by atoms with Gasteiger partial charge in [-0.1, -0.05) is 0 Å². The molecule has 0 amide bonds. The first-order valence-electron chi connectivity index (χ1n) is 4.96. The molecule has 0 aromatic heterocycles. The van der Waals surface area contributed by atoms with Gasteiger partial charge in [0.15, 0.2) is 0 Å². The van der Waals surface area contributed by atoms with Gasteiger partial charge in [0, 0.05) is 0 Å². The van der Waals surface area contributed by atoms with Crippen LogP contribution in [-0.2, 0) is 0 Å². The third kappa shape index (κ3) is 1.27. The van der Waals surface area contributed by atoms with E-state index >= 15 is 0 Å². The van der Waals surface area contributed by atoms with Gasteiger partial charge in [-0.2, -0.15) is 0 Å². The molecule has 12 heavy (non-hydrogen) atoms. The van der Waals surface area contributed by atoms with E-state index < -0.39 is 0 Å². The summed E-state index contributed by atoms with van der Waals surface area (Å²) in [6.07, 6.45) is 7.66. The van der Waals surface area contributed by atoms with Crippen LogP contribution in [0.15, 0.2) is 0 Å². The van der Waals surface area contributed by atoms with Crippen LogP contribution in [0.2, 0.25) is 0 Å². The summed E-state index contributed by atoms with van der Waals surface area (Å²) >= 11 is 0. The van der Waals surface area contributed by atoms with Crippen LogP contribution in [-0.4, -0.2) is 29.6 Å². The Kier molecular flexibility index (Phi) is 2.11. The van der Waals surface area contributed by atoms with Crippen LogP contribution in [0, 0.1) is 17.8 Å². The average Bonchev–Trinajstić information content (AvgIpc) is 1.79. The quantitative estimate of drug-likeness (QED) is 0.529. The Morgan fingerprint density at radius 2 is 1.17 bits per heavy atom. The van der Waals surface area contributed by atoms with Crippen molar-refractivity contribution in [2.75, 3.05) is 0 Å². The predicted molar refractivity (Wildman–Crippen MR) is 50.3 cm³/mol. The molecule has 4 rings (SSSR count). The van der Waals surface area contributed by atoms with Crippen LogP contribution in [0.1, 0.15) is 38.5 Å². The molecule has 0 heterocycles. The van der Waals surface area contributed by atoms with Crippen molar-refractivity contribution in [3.05, 3.63) is 0 Å². The Morgan fingerprint density at radius 1 is 0.833 bits per heavy atom. The van der Waals surface area contributed by atoms with Crippen molar-refractivity contribution in [3.8, 4) is 0 Å². The summed E-state index contributed by atoms with van der Waals surface area (Å²) < 4.78 is 0. The number of rotatable bonds is 0. The monoisotopic (exact) mass is 160 g/mol. The van der Waals surface area contributed by atoms with Crippen LogP contribution in [0.3, 0.4) is 0 Å². The first-order chi connectivity index (χ1) is 5.23. The zero-order chi connectivity index (χ0) is 7.47. The molecular weight excluding hydrogens is 143 g/mol. The predicted octanol–water partition coefficient (Wildman–Crippen LogP) is 1.30. The van der Waals surface area contributed by atoms with Crippen molar-refractivity contribution < 1.29 is 5.11 Å². The Bertz CT molecular complexity index is 155. The van der Waals surface area contributed by atoms with Gasteiger partial charge in [-0.3, -0.25) is 0 Å². The van der Waals surface area contributed by atoms with Crippen LogP contribution < -0.4 is 0 Å². The maximum absolute atomic E-state index is 10.1. The molecule has 0 saturated heterocycles. The van der Waals surface area contributed by atoms with E-state index in [1.165, 1.54) is 19.3 Å². The van der Waals surface area contributed by atoms with Crippen LogP contribution >= 0.6 is 0 Å². The molecule has 0 atom stereocenters. The second-order valence-corrected chi connectivity index (χ2v) is 5.14.